The molecule has 0 saturated heterocycles. The fourth-order valence-corrected chi connectivity index (χ4v) is 1.71. The van der Waals surface area contributed by atoms with E-state index in [0.717, 1.165) is 0 Å². The highest BCUT2D eigenvalue weighted by Gasteiger charge is 2.23. The Morgan fingerprint density at radius 1 is 1.47 bits per heavy atom. The maximum absolute atomic E-state index is 13.1. The first-order valence-electron chi connectivity index (χ1n) is 5.96. The number of primary amides is 1. The standard InChI is InChI=1S/C14H18FN3O/c1-14(2,3)18(9-13(17)19)8-10-4-5-12(15)6-11(10)7-16/h4-6H,8-9H2,1-3H3,(H2,17,19). The predicted molar refractivity (Wildman–Crippen MR) is 70.5 cm³/mol. The lowest BCUT2D eigenvalue weighted by Gasteiger charge is -2.34. The lowest BCUT2D eigenvalue weighted by atomic mass is 10.0. The van der Waals surface area contributed by atoms with Crippen molar-refractivity contribution in [3.05, 3.63) is 35.1 Å². The zero-order valence-electron chi connectivity index (χ0n) is 11.4. The Bertz CT molecular complexity index is 514. The molecule has 0 spiro atoms. The van der Waals surface area contributed by atoms with Crippen LogP contribution in [0.5, 0.6) is 0 Å². The van der Waals surface area contributed by atoms with E-state index in [1.807, 2.05) is 31.7 Å². The van der Waals surface area contributed by atoms with E-state index in [-0.39, 0.29) is 17.6 Å². The van der Waals surface area contributed by atoms with E-state index in [1.54, 1.807) is 6.07 Å². The molecule has 0 aromatic heterocycles. The Morgan fingerprint density at radius 3 is 2.58 bits per heavy atom. The van der Waals surface area contributed by atoms with Gasteiger partial charge in [-0.3, -0.25) is 9.69 Å². The summed E-state index contributed by atoms with van der Waals surface area (Å²) in [6.07, 6.45) is 0. The van der Waals surface area contributed by atoms with Gasteiger partial charge in [0.15, 0.2) is 0 Å². The maximum atomic E-state index is 13.1. The van der Waals surface area contributed by atoms with E-state index < -0.39 is 11.7 Å². The lowest BCUT2D eigenvalue weighted by molar-refractivity contribution is -0.120. The fourth-order valence-electron chi connectivity index (χ4n) is 1.71. The van der Waals surface area contributed by atoms with Gasteiger partial charge in [0.1, 0.15) is 5.82 Å². The molecule has 0 aliphatic carbocycles. The van der Waals surface area contributed by atoms with Gasteiger partial charge in [-0.05, 0) is 38.5 Å². The molecule has 2 N–H and O–H groups in total. The second-order valence-electron chi connectivity index (χ2n) is 5.41. The van der Waals surface area contributed by atoms with Crippen molar-refractivity contribution in [2.75, 3.05) is 6.54 Å². The highest BCUT2D eigenvalue weighted by molar-refractivity contribution is 5.76. The third-order valence-corrected chi connectivity index (χ3v) is 2.85. The van der Waals surface area contributed by atoms with Crippen molar-refractivity contribution in [2.45, 2.75) is 32.9 Å². The molecular formula is C14H18FN3O. The number of carbonyl (C=O) groups excluding carboxylic acids is 1. The predicted octanol–water partition coefficient (Wildman–Crippen LogP) is 1.78. The average Bonchev–Trinajstić information content (AvgIpc) is 2.28. The molecule has 1 amide bonds. The molecule has 19 heavy (non-hydrogen) atoms. The van der Waals surface area contributed by atoms with Gasteiger partial charge in [0, 0.05) is 12.1 Å². The van der Waals surface area contributed by atoms with Gasteiger partial charge < -0.3 is 5.73 Å². The first-order valence-corrected chi connectivity index (χ1v) is 5.96. The highest BCUT2D eigenvalue weighted by Crippen LogP contribution is 2.19. The van der Waals surface area contributed by atoms with E-state index in [4.69, 9.17) is 11.0 Å². The van der Waals surface area contributed by atoms with Crippen LogP contribution in [0.15, 0.2) is 18.2 Å². The van der Waals surface area contributed by atoms with Gasteiger partial charge in [0.25, 0.3) is 0 Å². The number of nitriles is 1. The third-order valence-electron chi connectivity index (χ3n) is 2.85. The van der Waals surface area contributed by atoms with Gasteiger partial charge in [-0.25, -0.2) is 4.39 Å². The van der Waals surface area contributed by atoms with Gasteiger partial charge in [0.2, 0.25) is 5.91 Å². The molecule has 1 aromatic rings. The Hall–Kier alpha value is -1.93. The summed E-state index contributed by atoms with van der Waals surface area (Å²) in [5, 5.41) is 9.01. The molecule has 1 rings (SSSR count). The molecule has 0 saturated carbocycles. The minimum Gasteiger partial charge on any atom is -0.369 e. The minimum atomic E-state index is -0.447. The zero-order valence-corrected chi connectivity index (χ0v) is 11.4. The summed E-state index contributed by atoms with van der Waals surface area (Å²) in [5.74, 6) is -0.881. The molecule has 0 aliphatic rings. The molecule has 0 radical (unpaired) electrons. The summed E-state index contributed by atoms with van der Waals surface area (Å²) in [6.45, 7) is 6.31. The van der Waals surface area contributed by atoms with Crippen LogP contribution < -0.4 is 5.73 Å². The minimum absolute atomic E-state index is 0.0890. The van der Waals surface area contributed by atoms with Gasteiger partial charge in [-0.2, -0.15) is 5.26 Å². The highest BCUT2D eigenvalue weighted by atomic mass is 19.1. The first kappa shape index (κ1) is 15.1. The summed E-state index contributed by atoms with van der Waals surface area (Å²) in [4.78, 5) is 13.0. The van der Waals surface area contributed by atoms with Crippen LogP contribution in [-0.4, -0.2) is 22.9 Å². The Labute approximate surface area is 112 Å². The number of nitrogens with two attached hydrogens (primary N) is 1. The van der Waals surface area contributed by atoms with Gasteiger partial charge in [0.05, 0.1) is 18.2 Å². The van der Waals surface area contributed by atoms with Crippen molar-refractivity contribution in [2.24, 2.45) is 5.73 Å². The summed E-state index contributed by atoms with van der Waals surface area (Å²) in [5.41, 5.74) is 5.91. The summed E-state index contributed by atoms with van der Waals surface area (Å²) < 4.78 is 13.1. The summed E-state index contributed by atoms with van der Waals surface area (Å²) in [7, 11) is 0. The Balaban J connectivity index is 3.03. The number of amides is 1. The topological polar surface area (TPSA) is 70.1 Å². The number of carbonyl (C=O) groups is 1. The molecule has 5 heteroatoms. The first-order chi connectivity index (χ1) is 8.74. The molecule has 102 valence electrons. The van der Waals surface area contributed by atoms with E-state index >= 15 is 0 Å². The second kappa shape index (κ2) is 5.81. The van der Waals surface area contributed by atoms with Crippen LogP contribution in [0, 0.1) is 17.1 Å². The average molecular weight is 263 g/mol. The van der Waals surface area contributed by atoms with Crippen molar-refractivity contribution in [1.29, 1.82) is 5.26 Å². The lowest BCUT2D eigenvalue weighted by Crippen LogP contribution is -2.45. The number of hydrogen-bond donors (Lipinski definition) is 1. The number of hydrogen-bond acceptors (Lipinski definition) is 3. The third kappa shape index (κ3) is 4.34. The van der Waals surface area contributed by atoms with Crippen molar-refractivity contribution in [3.63, 3.8) is 0 Å². The molecular weight excluding hydrogens is 245 g/mol. The normalized spacial score (nSPS) is 11.4. The van der Waals surface area contributed by atoms with Crippen molar-refractivity contribution < 1.29 is 9.18 Å². The van der Waals surface area contributed by atoms with Crippen LogP contribution in [0.25, 0.3) is 0 Å². The number of benzene rings is 1. The molecule has 0 atom stereocenters. The molecule has 4 nitrogen and oxygen atoms in total. The molecule has 0 heterocycles. The molecule has 0 fully saturated rings. The zero-order chi connectivity index (χ0) is 14.6. The van der Waals surface area contributed by atoms with E-state index in [9.17, 15) is 9.18 Å². The van der Waals surface area contributed by atoms with Gasteiger partial charge in [-0.1, -0.05) is 6.07 Å². The molecule has 0 bridgehead atoms. The monoisotopic (exact) mass is 263 g/mol. The largest absolute Gasteiger partial charge is 0.369 e. The quantitative estimate of drug-likeness (QED) is 0.900. The van der Waals surface area contributed by atoms with Crippen LogP contribution >= 0.6 is 0 Å². The summed E-state index contributed by atoms with van der Waals surface area (Å²) in [6, 6.07) is 6.03. The molecule has 0 aliphatic heterocycles. The number of halogens is 1. The van der Waals surface area contributed by atoms with Crippen molar-refractivity contribution in [3.8, 4) is 6.07 Å². The molecule has 1 aromatic carbocycles. The SMILES string of the molecule is CC(C)(C)N(CC(N)=O)Cc1ccc(F)cc1C#N. The smallest absolute Gasteiger partial charge is 0.231 e. The van der Waals surface area contributed by atoms with Gasteiger partial charge >= 0.3 is 0 Å². The van der Waals surface area contributed by atoms with Gasteiger partial charge in [-0.15, -0.1) is 0 Å². The number of rotatable bonds is 4. The van der Waals surface area contributed by atoms with E-state index in [1.165, 1.54) is 12.1 Å². The Morgan fingerprint density at radius 2 is 2.11 bits per heavy atom. The fraction of sp³-hybridized carbons (Fsp3) is 0.429. The molecule has 0 unspecified atom stereocenters. The van der Waals surface area contributed by atoms with Crippen LogP contribution in [0.1, 0.15) is 31.9 Å². The van der Waals surface area contributed by atoms with Crippen LogP contribution in [0.3, 0.4) is 0 Å². The number of nitrogens with zero attached hydrogens (tertiary/aromatic N) is 2. The second-order valence-corrected chi connectivity index (χ2v) is 5.41. The summed E-state index contributed by atoms with van der Waals surface area (Å²) >= 11 is 0. The maximum Gasteiger partial charge on any atom is 0.231 e. The van der Waals surface area contributed by atoms with E-state index in [0.29, 0.717) is 12.1 Å². The van der Waals surface area contributed by atoms with Crippen LogP contribution in [0.2, 0.25) is 0 Å². The van der Waals surface area contributed by atoms with Crippen LogP contribution in [-0.2, 0) is 11.3 Å². The van der Waals surface area contributed by atoms with Crippen LogP contribution in [0.4, 0.5) is 4.39 Å². The van der Waals surface area contributed by atoms with E-state index in [2.05, 4.69) is 0 Å². The Kier molecular flexibility index (Phi) is 4.62. The van der Waals surface area contributed by atoms with Crippen molar-refractivity contribution >= 4 is 5.91 Å². The van der Waals surface area contributed by atoms with Crippen molar-refractivity contribution in [1.82, 2.24) is 4.90 Å².